The molecule has 8 heteroatoms. The third-order valence-corrected chi connectivity index (χ3v) is 5.93. The van der Waals surface area contributed by atoms with Gasteiger partial charge in [0.15, 0.2) is 17.6 Å². The number of likely N-dealkylation sites (tertiary alicyclic amines) is 1. The van der Waals surface area contributed by atoms with E-state index in [2.05, 4.69) is 31.8 Å². The van der Waals surface area contributed by atoms with Crippen molar-refractivity contribution in [3.8, 4) is 11.4 Å². The number of nitrogens with zero attached hydrogens (tertiary/aromatic N) is 4. The number of hydrogen-bond acceptors (Lipinski definition) is 6. The van der Waals surface area contributed by atoms with E-state index in [1.54, 1.807) is 11.8 Å². The van der Waals surface area contributed by atoms with Gasteiger partial charge in [0.05, 0.1) is 6.54 Å². The van der Waals surface area contributed by atoms with Crippen LogP contribution in [0.15, 0.2) is 59.8 Å². The van der Waals surface area contributed by atoms with E-state index < -0.39 is 5.91 Å². The lowest BCUT2D eigenvalue weighted by atomic mass is 10.2. The van der Waals surface area contributed by atoms with Crippen LogP contribution in [0.3, 0.4) is 0 Å². The maximum atomic E-state index is 10.9. The van der Waals surface area contributed by atoms with Crippen molar-refractivity contribution in [3.05, 3.63) is 66.0 Å². The maximum absolute atomic E-state index is 10.9. The minimum absolute atomic E-state index is 0.126. The molecule has 156 valence electrons. The lowest BCUT2D eigenvalue weighted by Gasteiger charge is -2.16. The number of amides is 1. The Labute approximate surface area is 180 Å². The fraction of sp³-hybridized carbons (Fsp3) is 0.318. The van der Waals surface area contributed by atoms with Crippen LogP contribution in [0.5, 0.6) is 5.75 Å². The van der Waals surface area contributed by atoms with Crippen molar-refractivity contribution < 1.29 is 9.53 Å². The van der Waals surface area contributed by atoms with Crippen LogP contribution >= 0.6 is 11.8 Å². The third-order valence-electron chi connectivity index (χ3n) is 4.93. The second-order valence-corrected chi connectivity index (χ2v) is 8.19. The molecule has 2 heterocycles. The van der Waals surface area contributed by atoms with Crippen LogP contribution in [0.2, 0.25) is 0 Å². The Hall–Kier alpha value is -2.84. The molecule has 1 aliphatic heterocycles. The van der Waals surface area contributed by atoms with E-state index in [9.17, 15) is 4.79 Å². The van der Waals surface area contributed by atoms with Gasteiger partial charge < -0.3 is 10.5 Å². The summed E-state index contributed by atoms with van der Waals surface area (Å²) in [5.74, 6) is 1.81. The smallest absolute Gasteiger partial charge is 0.255 e. The average molecular weight is 424 g/mol. The molecule has 1 aromatic heterocycles. The van der Waals surface area contributed by atoms with Gasteiger partial charge in [0.25, 0.3) is 5.91 Å². The Balaban J connectivity index is 1.52. The number of ether oxygens (including phenoxy) is 1. The van der Waals surface area contributed by atoms with E-state index in [0.29, 0.717) is 11.5 Å². The van der Waals surface area contributed by atoms with E-state index >= 15 is 0 Å². The first-order chi connectivity index (χ1) is 14.7. The van der Waals surface area contributed by atoms with E-state index in [-0.39, 0.29) is 6.61 Å². The van der Waals surface area contributed by atoms with Crippen LogP contribution < -0.4 is 10.5 Å². The summed E-state index contributed by atoms with van der Waals surface area (Å²) in [5.41, 5.74) is 7.30. The summed E-state index contributed by atoms with van der Waals surface area (Å²) in [5, 5.41) is 9.86. The minimum Gasteiger partial charge on any atom is -0.484 e. The molecule has 1 amide bonds. The molecule has 0 radical (unpaired) electrons. The molecule has 3 aromatic rings. The summed E-state index contributed by atoms with van der Waals surface area (Å²) in [7, 11) is 0. The number of hydrogen-bond donors (Lipinski definition) is 1. The topological polar surface area (TPSA) is 86.3 Å². The quantitative estimate of drug-likeness (QED) is 0.533. The van der Waals surface area contributed by atoms with Gasteiger partial charge in [-0.15, -0.1) is 10.2 Å². The number of nitrogens with two attached hydrogens (primary N) is 1. The van der Waals surface area contributed by atoms with E-state index in [0.717, 1.165) is 41.9 Å². The highest BCUT2D eigenvalue weighted by molar-refractivity contribution is 7.98. The van der Waals surface area contributed by atoms with Crippen LogP contribution in [0.1, 0.15) is 24.2 Å². The van der Waals surface area contributed by atoms with Crippen molar-refractivity contribution in [3.63, 3.8) is 0 Å². The predicted octanol–water partition coefficient (Wildman–Crippen LogP) is 3.02. The Bertz CT molecular complexity index is 986. The number of benzene rings is 2. The summed E-state index contributed by atoms with van der Waals surface area (Å²) in [4.78, 5) is 13.4. The molecule has 1 aliphatic rings. The van der Waals surface area contributed by atoms with Crippen LogP contribution in [0.25, 0.3) is 5.69 Å². The number of carbonyl (C=O) groups excluding carboxylic acids is 1. The molecule has 1 saturated heterocycles. The van der Waals surface area contributed by atoms with Crippen molar-refractivity contribution in [1.29, 1.82) is 0 Å². The largest absolute Gasteiger partial charge is 0.484 e. The van der Waals surface area contributed by atoms with E-state index in [1.165, 1.54) is 12.8 Å². The van der Waals surface area contributed by atoms with Gasteiger partial charge in [0.1, 0.15) is 5.75 Å². The van der Waals surface area contributed by atoms with Crippen LogP contribution in [0.4, 0.5) is 0 Å². The highest BCUT2D eigenvalue weighted by Gasteiger charge is 2.19. The van der Waals surface area contributed by atoms with Gasteiger partial charge >= 0.3 is 0 Å². The normalized spacial score (nSPS) is 14.1. The van der Waals surface area contributed by atoms with Gasteiger partial charge in [0.2, 0.25) is 0 Å². The first kappa shape index (κ1) is 20.4. The van der Waals surface area contributed by atoms with Crippen molar-refractivity contribution in [2.45, 2.75) is 30.3 Å². The minimum atomic E-state index is -0.490. The lowest BCUT2D eigenvalue weighted by molar-refractivity contribution is -0.119. The number of primary amides is 1. The lowest BCUT2D eigenvalue weighted by Crippen LogP contribution is -2.21. The molecular formula is C22H25N5O2S. The van der Waals surface area contributed by atoms with Gasteiger partial charge in [-0.3, -0.25) is 14.3 Å². The Morgan fingerprint density at radius 2 is 1.87 bits per heavy atom. The third kappa shape index (κ3) is 5.20. The Kier molecular flexibility index (Phi) is 6.66. The molecule has 0 bridgehead atoms. The zero-order chi connectivity index (χ0) is 20.8. The molecule has 0 unspecified atom stereocenters. The zero-order valence-electron chi connectivity index (χ0n) is 16.7. The van der Waals surface area contributed by atoms with Crippen molar-refractivity contribution in [1.82, 2.24) is 19.7 Å². The summed E-state index contributed by atoms with van der Waals surface area (Å²) in [6, 6.07) is 17.9. The van der Waals surface area contributed by atoms with Crippen LogP contribution in [-0.2, 0) is 17.1 Å². The number of carbonyl (C=O) groups is 1. The fourth-order valence-electron chi connectivity index (χ4n) is 3.50. The Morgan fingerprint density at radius 1 is 1.07 bits per heavy atom. The average Bonchev–Trinajstić information content (AvgIpc) is 3.42. The molecule has 0 aliphatic carbocycles. The first-order valence-corrected chi connectivity index (χ1v) is 11.0. The van der Waals surface area contributed by atoms with Gasteiger partial charge in [0, 0.05) is 11.4 Å². The van der Waals surface area contributed by atoms with Crippen molar-refractivity contribution >= 4 is 17.7 Å². The van der Waals surface area contributed by atoms with Gasteiger partial charge in [-0.1, -0.05) is 42.1 Å². The van der Waals surface area contributed by atoms with E-state index in [4.69, 9.17) is 10.5 Å². The zero-order valence-corrected chi connectivity index (χ0v) is 17.6. The van der Waals surface area contributed by atoms with Crippen LogP contribution in [-0.4, -0.2) is 45.3 Å². The fourth-order valence-corrected chi connectivity index (χ4v) is 4.41. The molecular weight excluding hydrogens is 398 g/mol. The van der Waals surface area contributed by atoms with E-state index in [1.807, 2.05) is 42.5 Å². The number of para-hydroxylation sites is 1. The maximum Gasteiger partial charge on any atom is 0.255 e. The monoisotopic (exact) mass is 423 g/mol. The standard InChI is InChI=1S/C22H25N5O2S/c23-20(28)15-29-19-10-6-7-17(13-19)16-30-22-25-24-21(14-26-11-4-5-12-26)27(22)18-8-2-1-3-9-18/h1-3,6-10,13H,4-5,11-12,14-16H2,(H2,23,28). The molecule has 7 nitrogen and oxygen atoms in total. The van der Waals surface area contributed by atoms with Gasteiger partial charge in [-0.25, -0.2) is 0 Å². The SMILES string of the molecule is NC(=O)COc1cccc(CSc2nnc(CN3CCCC3)n2-c2ccccc2)c1. The molecule has 0 saturated carbocycles. The molecule has 2 N–H and O–H groups in total. The molecule has 30 heavy (non-hydrogen) atoms. The molecule has 4 rings (SSSR count). The summed E-state index contributed by atoms with van der Waals surface area (Å²) >= 11 is 1.63. The predicted molar refractivity (Wildman–Crippen MR) is 117 cm³/mol. The number of thioether (sulfide) groups is 1. The summed E-state index contributed by atoms with van der Waals surface area (Å²) < 4.78 is 7.56. The summed E-state index contributed by atoms with van der Waals surface area (Å²) in [6.45, 7) is 2.90. The number of rotatable bonds is 9. The first-order valence-electron chi connectivity index (χ1n) is 10.0. The molecule has 1 fully saturated rings. The van der Waals surface area contributed by atoms with Gasteiger partial charge in [-0.05, 0) is 55.8 Å². The highest BCUT2D eigenvalue weighted by Crippen LogP contribution is 2.27. The van der Waals surface area contributed by atoms with Crippen molar-refractivity contribution in [2.75, 3.05) is 19.7 Å². The molecule has 2 aromatic carbocycles. The van der Waals surface area contributed by atoms with Crippen molar-refractivity contribution in [2.24, 2.45) is 5.73 Å². The second-order valence-electron chi connectivity index (χ2n) is 7.24. The second kappa shape index (κ2) is 9.77. The Morgan fingerprint density at radius 3 is 2.63 bits per heavy atom. The molecule has 0 atom stereocenters. The number of aromatic nitrogens is 3. The van der Waals surface area contributed by atoms with Gasteiger partial charge in [-0.2, -0.15) is 0 Å². The molecule has 0 spiro atoms. The summed E-state index contributed by atoms with van der Waals surface area (Å²) in [6.07, 6.45) is 2.49. The highest BCUT2D eigenvalue weighted by atomic mass is 32.2. The van der Waals surface area contributed by atoms with Crippen LogP contribution in [0, 0.1) is 0 Å².